The summed E-state index contributed by atoms with van der Waals surface area (Å²) in [6.45, 7) is 5.54. The van der Waals surface area contributed by atoms with Crippen LogP contribution in [0.2, 0.25) is 0 Å². The molecule has 0 atom stereocenters. The van der Waals surface area contributed by atoms with Crippen molar-refractivity contribution in [3.63, 3.8) is 0 Å². The highest BCUT2D eigenvalue weighted by Gasteiger charge is 2.09. The Hall–Kier alpha value is -2.54. The molecule has 0 aromatic heterocycles. The minimum atomic E-state index is -0.471. The van der Waals surface area contributed by atoms with E-state index >= 15 is 0 Å². The molecule has 6 nitrogen and oxygen atoms in total. The molecular formula is C20H23BrN2O4. The fraction of sp³-hybridized carbons (Fsp3) is 0.300. The number of carbonyl (C=O) groups is 2. The van der Waals surface area contributed by atoms with E-state index in [1.165, 1.54) is 0 Å². The number of rotatable bonds is 7. The van der Waals surface area contributed by atoms with E-state index < -0.39 is 11.8 Å². The van der Waals surface area contributed by atoms with Crippen molar-refractivity contribution in [1.29, 1.82) is 0 Å². The van der Waals surface area contributed by atoms with Gasteiger partial charge in [-0.2, -0.15) is 0 Å². The molecule has 144 valence electrons. The summed E-state index contributed by atoms with van der Waals surface area (Å²) in [7, 11) is 0. The first kappa shape index (κ1) is 20.8. The van der Waals surface area contributed by atoms with Crippen molar-refractivity contribution < 1.29 is 19.1 Å². The van der Waals surface area contributed by atoms with Crippen LogP contribution in [0.3, 0.4) is 0 Å². The summed E-state index contributed by atoms with van der Waals surface area (Å²) in [5.41, 5.74) is 7.85. The average Bonchev–Trinajstić information content (AvgIpc) is 2.62. The normalized spacial score (nSPS) is 10.2. The standard InChI is InChI=1S/C20H23BrN2O4/c1-4-15-5-6-18(17(21)10-15)27-12-20(25)23-22-19(24)11-26-16-8-13(2)7-14(3)9-16/h5-10H,4,11-12H2,1-3H3,(H,22,24)(H,23,25). The molecule has 0 spiro atoms. The summed E-state index contributed by atoms with van der Waals surface area (Å²) in [5, 5.41) is 0. The number of halogens is 1. The van der Waals surface area contributed by atoms with Gasteiger partial charge in [-0.25, -0.2) is 0 Å². The minimum absolute atomic E-state index is 0.200. The largest absolute Gasteiger partial charge is 0.484 e. The summed E-state index contributed by atoms with van der Waals surface area (Å²) < 4.78 is 11.7. The van der Waals surface area contributed by atoms with E-state index in [0.717, 1.165) is 27.6 Å². The van der Waals surface area contributed by atoms with Crippen molar-refractivity contribution >= 4 is 27.7 Å². The molecule has 2 N–H and O–H groups in total. The Balaban J connectivity index is 1.72. The molecule has 0 aliphatic heterocycles. The molecule has 27 heavy (non-hydrogen) atoms. The Morgan fingerprint density at radius 2 is 1.52 bits per heavy atom. The molecule has 2 aromatic rings. The van der Waals surface area contributed by atoms with E-state index in [-0.39, 0.29) is 13.2 Å². The van der Waals surface area contributed by atoms with Gasteiger partial charge >= 0.3 is 0 Å². The van der Waals surface area contributed by atoms with Crippen LogP contribution in [-0.4, -0.2) is 25.0 Å². The number of carbonyl (C=O) groups excluding carboxylic acids is 2. The number of ether oxygens (including phenoxy) is 2. The molecule has 0 unspecified atom stereocenters. The number of benzene rings is 2. The van der Waals surface area contributed by atoms with Gasteiger partial charge < -0.3 is 9.47 Å². The Kier molecular flexibility index (Phi) is 7.67. The summed E-state index contributed by atoms with van der Waals surface area (Å²) >= 11 is 3.41. The molecular weight excluding hydrogens is 412 g/mol. The maximum atomic E-state index is 11.8. The summed E-state index contributed by atoms with van der Waals surface area (Å²) in [4.78, 5) is 23.6. The Morgan fingerprint density at radius 1 is 0.926 bits per heavy atom. The van der Waals surface area contributed by atoms with Gasteiger partial charge in [0.05, 0.1) is 4.47 Å². The van der Waals surface area contributed by atoms with Gasteiger partial charge in [-0.15, -0.1) is 0 Å². The molecule has 2 rings (SSSR count). The average molecular weight is 435 g/mol. The number of hydrogen-bond donors (Lipinski definition) is 2. The summed E-state index contributed by atoms with van der Waals surface area (Å²) in [6.07, 6.45) is 0.912. The van der Waals surface area contributed by atoms with Crippen LogP contribution in [0.15, 0.2) is 40.9 Å². The SMILES string of the molecule is CCc1ccc(OCC(=O)NNC(=O)COc2cc(C)cc(C)c2)c(Br)c1. The maximum Gasteiger partial charge on any atom is 0.276 e. The lowest BCUT2D eigenvalue weighted by atomic mass is 10.1. The van der Waals surface area contributed by atoms with Gasteiger partial charge in [-0.3, -0.25) is 20.4 Å². The van der Waals surface area contributed by atoms with Crippen LogP contribution in [0.1, 0.15) is 23.6 Å². The second kappa shape index (κ2) is 9.97. The zero-order valence-electron chi connectivity index (χ0n) is 15.6. The van der Waals surface area contributed by atoms with E-state index in [0.29, 0.717) is 11.5 Å². The maximum absolute atomic E-state index is 11.8. The number of nitrogens with one attached hydrogen (secondary N) is 2. The molecule has 0 heterocycles. The van der Waals surface area contributed by atoms with Gasteiger partial charge in [0.25, 0.3) is 11.8 Å². The topological polar surface area (TPSA) is 76.7 Å². The molecule has 2 aromatic carbocycles. The predicted molar refractivity (Wildman–Crippen MR) is 107 cm³/mol. The Bertz CT molecular complexity index is 803. The van der Waals surface area contributed by atoms with Gasteiger partial charge in [0.1, 0.15) is 11.5 Å². The molecule has 0 saturated heterocycles. The highest BCUT2D eigenvalue weighted by molar-refractivity contribution is 9.10. The molecule has 7 heteroatoms. The van der Waals surface area contributed by atoms with Crippen LogP contribution in [0.25, 0.3) is 0 Å². The van der Waals surface area contributed by atoms with Gasteiger partial charge in [0.15, 0.2) is 13.2 Å². The summed E-state index contributed by atoms with van der Waals surface area (Å²) in [6, 6.07) is 11.4. The van der Waals surface area contributed by atoms with Crippen molar-refractivity contribution in [1.82, 2.24) is 10.9 Å². The number of aryl methyl sites for hydroxylation is 3. The van der Waals surface area contributed by atoms with Gasteiger partial charge in [0, 0.05) is 0 Å². The fourth-order valence-electron chi connectivity index (χ4n) is 2.40. The van der Waals surface area contributed by atoms with Gasteiger partial charge in [-0.1, -0.05) is 19.1 Å². The first-order valence-electron chi connectivity index (χ1n) is 8.57. The van der Waals surface area contributed by atoms with Crippen LogP contribution in [0.5, 0.6) is 11.5 Å². The summed E-state index contributed by atoms with van der Waals surface area (Å²) in [5.74, 6) is 0.238. The highest BCUT2D eigenvalue weighted by atomic mass is 79.9. The second-order valence-corrected chi connectivity index (χ2v) is 6.97. The number of hydrogen-bond acceptors (Lipinski definition) is 4. The van der Waals surface area contributed by atoms with Crippen LogP contribution < -0.4 is 20.3 Å². The van der Waals surface area contributed by atoms with Crippen molar-refractivity contribution in [2.45, 2.75) is 27.2 Å². The smallest absolute Gasteiger partial charge is 0.276 e. The third-order valence-corrected chi connectivity index (χ3v) is 4.29. The van der Waals surface area contributed by atoms with Crippen molar-refractivity contribution in [3.8, 4) is 11.5 Å². The molecule has 2 amide bonds. The fourth-order valence-corrected chi connectivity index (χ4v) is 2.94. The van der Waals surface area contributed by atoms with Gasteiger partial charge in [-0.05, 0) is 77.2 Å². The van der Waals surface area contributed by atoms with E-state index in [9.17, 15) is 9.59 Å². The number of hydrazine groups is 1. The molecule has 0 saturated carbocycles. The first-order valence-corrected chi connectivity index (χ1v) is 9.36. The third kappa shape index (κ3) is 6.94. The minimum Gasteiger partial charge on any atom is -0.484 e. The van der Waals surface area contributed by atoms with Crippen LogP contribution in [0, 0.1) is 13.8 Å². The van der Waals surface area contributed by atoms with E-state index in [1.54, 1.807) is 6.07 Å². The first-order chi connectivity index (χ1) is 12.9. The molecule has 0 aliphatic carbocycles. The van der Waals surface area contributed by atoms with Crippen LogP contribution in [-0.2, 0) is 16.0 Å². The van der Waals surface area contributed by atoms with E-state index in [2.05, 4.69) is 33.7 Å². The van der Waals surface area contributed by atoms with Crippen LogP contribution >= 0.6 is 15.9 Å². The lowest BCUT2D eigenvalue weighted by molar-refractivity contribution is -0.131. The quantitative estimate of drug-likeness (QED) is 0.655. The molecule has 0 fully saturated rings. The monoisotopic (exact) mass is 434 g/mol. The van der Waals surface area contributed by atoms with E-state index in [4.69, 9.17) is 9.47 Å². The lowest BCUT2D eigenvalue weighted by Gasteiger charge is -2.11. The Labute approximate surface area is 167 Å². The van der Waals surface area contributed by atoms with Crippen molar-refractivity contribution in [2.24, 2.45) is 0 Å². The molecule has 0 radical (unpaired) electrons. The lowest BCUT2D eigenvalue weighted by Crippen LogP contribution is -2.45. The predicted octanol–water partition coefficient (Wildman–Crippen LogP) is 3.23. The van der Waals surface area contributed by atoms with Gasteiger partial charge in [0.2, 0.25) is 0 Å². The zero-order valence-corrected chi connectivity index (χ0v) is 17.2. The van der Waals surface area contributed by atoms with E-state index in [1.807, 2.05) is 44.2 Å². The highest BCUT2D eigenvalue weighted by Crippen LogP contribution is 2.26. The van der Waals surface area contributed by atoms with Crippen LogP contribution in [0.4, 0.5) is 0 Å². The molecule has 0 aliphatic rings. The second-order valence-electron chi connectivity index (χ2n) is 6.12. The zero-order chi connectivity index (χ0) is 19.8. The third-order valence-electron chi connectivity index (χ3n) is 3.67. The molecule has 0 bridgehead atoms. The van der Waals surface area contributed by atoms with Crippen molar-refractivity contribution in [3.05, 3.63) is 57.6 Å². The van der Waals surface area contributed by atoms with Crippen molar-refractivity contribution in [2.75, 3.05) is 13.2 Å². The Morgan fingerprint density at radius 3 is 2.07 bits per heavy atom. The number of amides is 2.